The Bertz CT molecular complexity index is 427. The fraction of sp³-hybridized carbons (Fsp3) is 0.789. The zero-order valence-corrected chi connectivity index (χ0v) is 15.1. The molecule has 0 bridgehead atoms. The van der Waals surface area contributed by atoms with E-state index in [0.29, 0.717) is 12.0 Å². The van der Waals surface area contributed by atoms with Gasteiger partial charge in [-0.05, 0) is 63.6 Å². The van der Waals surface area contributed by atoms with Gasteiger partial charge in [-0.1, -0.05) is 13.8 Å². The number of rotatable bonds is 9. The largest absolute Gasteiger partial charge is 0.378 e. The first-order valence-corrected chi connectivity index (χ1v) is 9.37. The molecule has 0 spiro atoms. The molecule has 1 fully saturated rings. The number of likely N-dealkylation sites (tertiary alicyclic amines) is 1. The van der Waals surface area contributed by atoms with Crippen molar-refractivity contribution in [3.63, 3.8) is 0 Å². The summed E-state index contributed by atoms with van der Waals surface area (Å²) in [7, 11) is 0. The van der Waals surface area contributed by atoms with Crippen LogP contribution in [0.2, 0.25) is 0 Å². The van der Waals surface area contributed by atoms with Gasteiger partial charge in [0.25, 0.3) is 0 Å². The van der Waals surface area contributed by atoms with E-state index >= 15 is 0 Å². The quantitative estimate of drug-likeness (QED) is 0.649. The van der Waals surface area contributed by atoms with Gasteiger partial charge < -0.3 is 9.64 Å². The maximum absolute atomic E-state index is 5.76. The molecule has 0 radical (unpaired) electrons. The van der Waals surface area contributed by atoms with Crippen molar-refractivity contribution < 1.29 is 4.74 Å². The van der Waals surface area contributed by atoms with Crippen molar-refractivity contribution in [1.29, 1.82) is 0 Å². The van der Waals surface area contributed by atoms with Gasteiger partial charge in [0.05, 0.1) is 6.10 Å². The van der Waals surface area contributed by atoms with Gasteiger partial charge in [0, 0.05) is 32.0 Å². The van der Waals surface area contributed by atoms with Gasteiger partial charge in [-0.25, -0.2) is 9.97 Å². The summed E-state index contributed by atoms with van der Waals surface area (Å²) in [6, 6.07) is 0. The van der Waals surface area contributed by atoms with E-state index in [1.165, 1.54) is 31.5 Å². The number of hydrogen-bond donors (Lipinski definition) is 0. The van der Waals surface area contributed by atoms with E-state index in [-0.39, 0.29) is 0 Å². The smallest absolute Gasteiger partial charge is 0.128 e. The Morgan fingerprint density at radius 1 is 1.22 bits per heavy atom. The lowest BCUT2D eigenvalue weighted by molar-refractivity contribution is 0.0548. The van der Waals surface area contributed by atoms with Crippen LogP contribution in [0.4, 0.5) is 0 Å². The van der Waals surface area contributed by atoms with E-state index < -0.39 is 0 Å². The van der Waals surface area contributed by atoms with Crippen LogP contribution in [0.1, 0.15) is 70.2 Å². The van der Waals surface area contributed by atoms with Crippen LogP contribution in [0, 0.1) is 0 Å². The Balaban J connectivity index is 1.67. The van der Waals surface area contributed by atoms with E-state index in [0.717, 1.165) is 44.7 Å². The highest BCUT2D eigenvalue weighted by molar-refractivity contribution is 5.13. The van der Waals surface area contributed by atoms with Crippen LogP contribution in [0.25, 0.3) is 0 Å². The Kier molecular flexibility index (Phi) is 7.96. The first kappa shape index (κ1) is 18.3. The summed E-state index contributed by atoms with van der Waals surface area (Å²) in [4.78, 5) is 11.6. The first-order valence-electron chi connectivity index (χ1n) is 9.37. The molecule has 1 aromatic rings. The molecule has 1 aromatic heterocycles. The number of nitrogens with zero attached hydrogens (tertiary/aromatic N) is 3. The molecular weight excluding hydrogens is 286 g/mol. The van der Waals surface area contributed by atoms with Crippen molar-refractivity contribution in [2.24, 2.45) is 0 Å². The maximum atomic E-state index is 5.76. The molecule has 0 aromatic carbocycles. The minimum absolute atomic E-state index is 0.399. The first-order chi connectivity index (χ1) is 11.2. The molecule has 1 atom stereocenters. The third kappa shape index (κ3) is 6.19. The average molecular weight is 319 g/mol. The predicted octanol–water partition coefficient (Wildman–Crippen LogP) is 3.81. The van der Waals surface area contributed by atoms with Crippen LogP contribution in [0.5, 0.6) is 0 Å². The second-order valence-corrected chi connectivity index (χ2v) is 6.74. The molecule has 4 heteroatoms. The average Bonchev–Trinajstić information content (AvgIpc) is 2.60. The van der Waals surface area contributed by atoms with Gasteiger partial charge in [0.15, 0.2) is 0 Å². The molecule has 130 valence electrons. The topological polar surface area (TPSA) is 38.2 Å². The van der Waals surface area contributed by atoms with E-state index in [1.807, 2.05) is 0 Å². The minimum Gasteiger partial charge on any atom is -0.378 e. The SMILES string of the molecule is CCCc1ncc(C2CCN(CCCOC(C)CC)CC2)cn1. The van der Waals surface area contributed by atoms with Crippen LogP contribution < -0.4 is 0 Å². The highest BCUT2D eigenvalue weighted by atomic mass is 16.5. The van der Waals surface area contributed by atoms with Crippen LogP contribution in [0.15, 0.2) is 12.4 Å². The van der Waals surface area contributed by atoms with E-state index in [4.69, 9.17) is 4.74 Å². The van der Waals surface area contributed by atoms with E-state index in [2.05, 4.69) is 48.0 Å². The molecule has 2 rings (SSSR count). The summed E-state index contributed by atoms with van der Waals surface area (Å²) in [6.07, 6.45) is 11.3. The molecule has 4 nitrogen and oxygen atoms in total. The number of aromatic nitrogens is 2. The van der Waals surface area contributed by atoms with Crippen LogP contribution in [-0.4, -0.2) is 47.2 Å². The zero-order valence-electron chi connectivity index (χ0n) is 15.1. The summed E-state index contributed by atoms with van der Waals surface area (Å²) < 4.78 is 5.76. The Hall–Kier alpha value is -1.00. The zero-order chi connectivity index (χ0) is 16.5. The summed E-state index contributed by atoms with van der Waals surface area (Å²) >= 11 is 0. The van der Waals surface area contributed by atoms with Crippen LogP contribution >= 0.6 is 0 Å². The Labute approximate surface area is 141 Å². The predicted molar refractivity (Wildman–Crippen MR) is 94.8 cm³/mol. The maximum Gasteiger partial charge on any atom is 0.128 e. The Morgan fingerprint density at radius 3 is 2.52 bits per heavy atom. The number of hydrogen-bond acceptors (Lipinski definition) is 4. The van der Waals surface area contributed by atoms with Crippen molar-refractivity contribution >= 4 is 0 Å². The van der Waals surface area contributed by atoms with Gasteiger partial charge in [0.1, 0.15) is 5.82 Å². The van der Waals surface area contributed by atoms with Gasteiger partial charge in [-0.2, -0.15) is 0 Å². The lowest BCUT2D eigenvalue weighted by Crippen LogP contribution is -2.34. The normalized spacial score (nSPS) is 18.2. The standard InChI is InChI=1S/C19H33N3O/c1-4-7-19-20-14-18(15-21-19)17-8-11-22(12-9-17)10-6-13-23-16(3)5-2/h14-17H,4-13H2,1-3H3. The fourth-order valence-electron chi connectivity index (χ4n) is 3.11. The molecule has 0 aliphatic carbocycles. The molecule has 1 aliphatic rings. The molecule has 0 saturated carbocycles. The number of ether oxygens (including phenoxy) is 1. The van der Waals surface area contributed by atoms with Gasteiger partial charge in [0.2, 0.25) is 0 Å². The highest BCUT2D eigenvalue weighted by Crippen LogP contribution is 2.27. The third-order valence-electron chi connectivity index (χ3n) is 4.85. The van der Waals surface area contributed by atoms with Crippen molar-refractivity contribution in [3.05, 3.63) is 23.8 Å². The molecule has 2 heterocycles. The van der Waals surface area contributed by atoms with Gasteiger partial charge in [-0.15, -0.1) is 0 Å². The second-order valence-electron chi connectivity index (χ2n) is 6.74. The molecule has 0 N–H and O–H groups in total. The minimum atomic E-state index is 0.399. The summed E-state index contributed by atoms with van der Waals surface area (Å²) in [5.41, 5.74) is 1.32. The molecule has 1 saturated heterocycles. The lowest BCUT2D eigenvalue weighted by atomic mass is 9.91. The molecule has 23 heavy (non-hydrogen) atoms. The monoisotopic (exact) mass is 319 g/mol. The molecule has 1 unspecified atom stereocenters. The van der Waals surface area contributed by atoms with Crippen molar-refractivity contribution in [3.8, 4) is 0 Å². The van der Waals surface area contributed by atoms with Crippen LogP contribution in [0.3, 0.4) is 0 Å². The van der Waals surface area contributed by atoms with E-state index in [9.17, 15) is 0 Å². The van der Waals surface area contributed by atoms with Crippen molar-refractivity contribution in [2.75, 3.05) is 26.2 Å². The molecule has 0 amide bonds. The summed E-state index contributed by atoms with van der Waals surface area (Å²) in [5, 5.41) is 0. The third-order valence-corrected chi connectivity index (χ3v) is 4.85. The molecule has 1 aliphatic heterocycles. The number of aryl methyl sites for hydroxylation is 1. The fourth-order valence-corrected chi connectivity index (χ4v) is 3.11. The second kappa shape index (κ2) is 9.99. The number of piperidine rings is 1. The summed E-state index contributed by atoms with van der Waals surface area (Å²) in [6.45, 7) is 10.9. The summed E-state index contributed by atoms with van der Waals surface area (Å²) in [5.74, 6) is 1.62. The van der Waals surface area contributed by atoms with Gasteiger partial charge >= 0.3 is 0 Å². The molecular formula is C19H33N3O. The van der Waals surface area contributed by atoms with Crippen molar-refractivity contribution in [2.45, 2.75) is 71.3 Å². The van der Waals surface area contributed by atoms with Crippen LogP contribution in [-0.2, 0) is 11.2 Å². The van der Waals surface area contributed by atoms with Crippen molar-refractivity contribution in [1.82, 2.24) is 14.9 Å². The van der Waals surface area contributed by atoms with E-state index in [1.54, 1.807) is 0 Å². The lowest BCUT2D eigenvalue weighted by Gasteiger charge is -2.32. The van der Waals surface area contributed by atoms with Gasteiger partial charge in [-0.3, -0.25) is 0 Å². The Morgan fingerprint density at radius 2 is 1.91 bits per heavy atom. The highest BCUT2D eigenvalue weighted by Gasteiger charge is 2.20.